The molecule has 24 heavy (non-hydrogen) atoms. The Morgan fingerprint density at radius 1 is 0.708 bits per heavy atom. The van der Waals surface area contributed by atoms with Gasteiger partial charge in [-0.1, -0.05) is 104 Å². The lowest BCUT2D eigenvalue weighted by atomic mass is 10.0. The van der Waals surface area contributed by atoms with Gasteiger partial charge in [-0.3, -0.25) is 4.79 Å². The first-order valence-electron chi connectivity index (χ1n) is 10.8. The lowest BCUT2D eigenvalue weighted by molar-refractivity contribution is -0.143. The Morgan fingerprint density at radius 2 is 1.21 bits per heavy atom. The Hall–Kier alpha value is -0.530. The smallest absolute Gasteiger partial charge is 0.305 e. The standard InChI is InChI=1S/C22H44O2/c1-4-5-6-7-8-9-10-11-12-13-17-20-24-22(23)19-16-14-15-18-21(2)3/h21H,4-20H2,1-3H3. The average Bonchev–Trinajstić information content (AvgIpc) is 2.55. The van der Waals surface area contributed by atoms with Gasteiger partial charge in [-0.2, -0.15) is 0 Å². The highest BCUT2D eigenvalue weighted by Crippen LogP contribution is 2.12. The summed E-state index contributed by atoms with van der Waals surface area (Å²) >= 11 is 0. The fourth-order valence-corrected chi connectivity index (χ4v) is 3.02. The van der Waals surface area contributed by atoms with Crippen LogP contribution in [0.1, 0.15) is 124 Å². The number of hydrogen-bond acceptors (Lipinski definition) is 2. The number of unbranched alkanes of at least 4 members (excludes halogenated alkanes) is 12. The Bertz CT molecular complexity index is 261. The van der Waals surface area contributed by atoms with E-state index in [1.54, 1.807) is 0 Å². The van der Waals surface area contributed by atoms with Crippen LogP contribution in [0.3, 0.4) is 0 Å². The van der Waals surface area contributed by atoms with Crippen molar-refractivity contribution in [3.63, 3.8) is 0 Å². The second-order valence-corrected chi connectivity index (χ2v) is 7.75. The van der Waals surface area contributed by atoms with E-state index in [0.29, 0.717) is 13.0 Å². The van der Waals surface area contributed by atoms with E-state index in [1.165, 1.54) is 77.0 Å². The number of carbonyl (C=O) groups is 1. The molecule has 2 nitrogen and oxygen atoms in total. The minimum atomic E-state index is 0.00614. The highest BCUT2D eigenvalue weighted by Gasteiger charge is 2.03. The quantitative estimate of drug-likeness (QED) is 0.191. The van der Waals surface area contributed by atoms with E-state index < -0.39 is 0 Å². The first kappa shape index (κ1) is 23.5. The zero-order chi connectivity index (χ0) is 17.9. The predicted molar refractivity (Wildman–Crippen MR) is 105 cm³/mol. The van der Waals surface area contributed by atoms with Crippen LogP contribution in [0.4, 0.5) is 0 Å². The molecule has 0 aromatic rings. The first-order chi connectivity index (χ1) is 11.7. The second-order valence-electron chi connectivity index (χ2n) is 7.75. The molecule has 0 rings (SSSR count). The average molecular weight is 341 g/mol. The van der Waals surface area contributed by atoms with Gasteiger partial charge in [-0.15, -0.1) is 0 Å². The first-order valence-corrected chi connectivity index (χ1v) is 10.8. The van der Waals surface area contributed by atoms with Crippen molar-refractivity contribution in [1.29, 1.82) is 0 Å². The SMILES string of the molecule is CCCCCCCCCCCCCOC(=O)CCCCCC(C)C. The number of esters is 1. The van der Waals surface area contributed by atoms with Crippen molar-refractivity contribution in [1.82, 2.24) is 0 Å². The van der Waals surface area contributed by atoms with Crippen molar-refractivity contribution in [2.24, 2.45) is 5.92 Å². The van der Waals surface area contributed by atoms with Crippen LogP contribution in [-0.2, 0) is 9.53 Å². The molecule has 0 unspecified atom stereocenters. The molecule has 0 aromatic carbocycles. The van der Waals surface area contributed by atoms with E-state index in [-0.39, 0.29) is 5.97 Å². The van der Waals surface area contributed by atoms with Crippen LogP contribution in [0.2, 0.25) is 0 Å². The van der Waals surface area contributed by atoms with Gasteiger partial charge in [0.1, 0.15) is 0 Å². The summed E-state index contributed by atoms with van der Waals surface area (Å²) in [7, 11) is 0. The topological polar surface area (TPSA) is 26.3 Å². The second kappa shape index (κ2) is 18.8. The molecule has 0 radical (unpaired) electrons. The van der Waals surface area contributed by atoms with E-state index in [2.05, 4.69) is 20.8 Å². The lowest BCUT2D eigenvalue weighted by Crippen LogP contribution is -2.05. The third-order valence-corrected chi connectivity index (χ3v) is 4.67. The third-order valence-electron chi connectivity index (χ3n) is 4.67. The summed E-state index contributed by atoms with van der Waals surface area (Å²) in [6.45, 7) is 7.40. The Labute approximate surface area is 152 Å². The van der Waals surface area contributed by atoms with Crippen LogP contribution >= 0.6 is 0 Å². The maximum absolute atomic E-state index is 11.6. The maximum Gasteiger partial charge on any atom is 0.305 e. The van der Waals surface area contributed by atoms with Gasteiger partial charge in [-0.05, 0) is 18.8 Å². The van der Waals surface area contributed by atoms with Crippen molar-refractivity contribution in [2.45, 2.75) is 124 Å². The Morgan fingerprint density at radius 3 is 1.75 bits per heavy atom. The minimum absolute atomic E-state index is 0.00614. The molecular weight excluding hydrogens is 296 g/mol. The monoisotopic (exact) mass is 340 g/mol. The summed E-state index contributed by atoms with van der Waals surface area (Å²) in [5.41, 5.74) is 0. The maximum atomic E-state index is 11.6. The van der Waals surface area contributed by atoms with E-state index in [0.717, 1.165) is 25.2 Å². The summed E-state index contributed by atoms with van der Waals surface area (Å²) in [6.07, 6.45) is 19.9. The van der Waals surface area contributed by atoms with Crippen LogP contribution in [-0.4, -0.2) is 12.6 Å². The molecule has 0 aromatic heterocycles. The number of hydrogen-bond donors (Lipinski definition) is 0. The molecule has 0 bridgehead atoms. The molecular formula is C22H44O2. The molecule has 2 heteroatoms. The zero-order valence-electron chi connectivity index (χ0n) is 16.9. The summed E-state index contributed by atoms with van der Waals surface area (Å²) in [4.78, 5) is 11.6. The fraction of sp³-hybridized carbons (Fsp3) is 0.955. The summed E-state index contributed by atoms with van der Waals surface area (Å²) < 4.78 is 5.31. The highest BCUT2D eigenvalue weighted by atomic mass is 16.5. The van der Waals surface area contributed by atoms with Crippen molar-refractivity contribution in [3.05, 3.63) is 0 Å². The largest absolute Gasteiger partial charge is 0.466 e. The van der Waals surface area contributed by atoms with E-state index >= 15 is 0 Å². The van der Waals surface area contributed by atoms with E-state index in [9.17, 15) is 4.79 Å². The van der Waals surface area contributed by atoms with Gasteiger partial charge in [0, 0.05) is 6.42 Å². The Kier molecular flexibility index (Phi) is 18.4. The lowest BCUT2D eigenvalue weighted by Gasteiger charge is -2.06. The predicted octanol–water partition coefficient (Wildman–Crippen LogP) is 7.45. The van der Waals surface area contributed by atoms with Gasteiger partial charge < -0.3 is 4.74 Å². The van der Waals surface area contributed by atoms with Crippen molar-refractivity contribution >= 4 is 5.97 Å². The molecule has 144 valence electrons. The minimum Gasteiger partial charge on any atom is -0.466 e. The zero-order valence-corrected chi connectivity index (χ0v) is 16.9. The molecule has 0 N–H and O–H groups in total. The molecule has 0 saturated carbocycles. The third kappa shape index (κ3) is 19.5. The van der Waals surface area contributed by atoms with E-state index in [4.69, 9.17) is 4.74 Å². The van der Waals surface area contributed by atoms with Gasteiger partial charge in [0.05, 0.1) is 6.61 Å². The van der Waals surface area contributed by atoms with Crippen LogP contribution < -0.4 is 0 Å². The molecule has 0 atom stereocenters. The summed E-state index contributed by atoms with van der Waals surface area (Å²) in [5, 5.41) is 0. The summed E-state index contributed by atoms with van der Waals surface area (Å²) in [6, 6.07) is 0. The van der Waals surface area contributed by atoms with Crippen LogP contribution in [0, 0.1) is 5.92 Å². The molecule has 0 aliphatic rings. The number of carbonyl (C=O) groups excluding carboxylic acids is 1. The molecule has 0 aliphatic heterocycles. The van der Waals surface area contributed by atoms with Crippen molar-refractivity contribution in [3.8, 4) is 0 Å². The molecule has 0 aliphatic carbocycles. The van der Waals surface area contributed by atoms with Crippen LogP contribution in [0.15, 0.2) is 0 Å². The van der Waals surface area contributed by atoms with Crippen LogP contribution in [0.25, 0.3) is 0 Å². The van der Waals surface area contributed by atoms with E-state index in [1.807, 2.05) is 0 Å². The molecule has 0 heterocycles. The number of rotatable bonds is 18. The summed E-state index contributed by atoms with van der Waals surface area (Å²) in [5.74, 6) is 0.782. The van der Waals surface area contributed by atoms with Gasteiger partial charge >= 0.3 is 5.97 Å². The highest BCUT2D eigenvalue weighted by molar-refractivity contribution is 5.69. The Balaban J connectivity index is 3.14. The van der Waals surface area contributed by atoms with Crippen molar-refractivity contribution in [2.75, 3.05) is 6.61 Å². The molecule has 0 spiro atoms. The van der Waals surface area contributed by atoms with Crippen molar-refractivity contribution < 1.29 is 9.53 Å². The van der Waals surface area contributed by atoms with Crippen LogP contribution in [0.5, 0.6) is 0 Å². The van der Waals surface area contributed by atoms with Gasteiger partial charge in [0.25, 0.3) is 0 Å². The normalized spacial score (nSPS) is 11.2. The fourth-order valence-electron chi connectivity index (χ4n) is 3.02. The van der Waals surface area contributed by atoms with Gasteiger partial charge in [0.15, 0.2) is 0 Å². The van der Waals surface area contributed by atoms with Gasteiger partial charge in [0.2, 0.25) is 0 Å². The molecule has 0 amide bonds. The van der Waals surface area contributed by atoms with Gasteiger partial charge in [-0.25, -0.2) is 0 Å². The molecule has 0 saturated heterocycles. The molecule has 0 fully saturated rings. The number of ether oxygens (including phenoxy) is 1.